The normalized spacial score (nSPS) is 10.6. The van der Waals surface area contributed by atoms with Crippen LogP contribution >= 0.6 is 0 Å². The Kier molecular flexibility index (Phi) is 5.33. The van der Waals surface area contributed by atoms with E-state index in [-0.39, 0.29) is 0 Å². The average Bonchev–Trinajstić information content (AvgIpc) is 1.69. The first-order chi connectivity index (χ1) is 3.41. The predicted molar refractivity (Wildman–Crippen MR) is 32.7 cm³/mol. The van der Waals surface area contributed by atoms with E-state index < -0.39 is 0 Å². The van der Waals surface area contributed by atoms with Gasteiger partial charge in [0, 0.05) is 19.3 Å². The van der Waals surface area contributed by atoms with E-state index in [9.17, 15) is 0 Å². The molecule has 0 unspecified atom stereocenters. The fourth-order valence-corrected chi connectivity index (χ4v) is 0.295. The summed E-state index contributed by atoms with van der Waals surface area (Å²) in [7, 11) is 0. The molecule has 2 N–H and O–H groups in total. The van der Waals surface area contributed by atoms with Gasteiger partial charge in [-0.2, -0.15) is 0 Å². The van der Waals surface area contributed by atoms with Crippen LogP contribution in [0.2, 0.25) is 0 Å². The molecule has 0 atom stereocenters. The Hall–Kier alpha value is -0.370. The van der Waals surface area contributed by atoms with Crippen LogP contribution in [0.3, 0.4) is 0 Å². The molecule has 0 aromatic carbocycles. The quantitative estimate of drug-likeness (QED) is 0.513. The van der Waals surface area contributed by atoms with Crippen LogP contribution in [0.4, 0.5) is 0 Å². The van der Waals surface area contributed by atoms with Crippen molar-refractivity contribution >= 4 is 6.21 Å². The van der Waals surface area contributed by atoms with E-state index >= 15 is 0 Å². The third-order valence-corrected chi connectivity index (χ3v) is 0.587. The van der Waals surface area contributed by atoms with Crippen LogP contribution in [0.15, 0.2) is 4.99 Å². The summed E-state index contributed by atoms with van der Waals surface area (Å²) in [5.41, 5.74) is 5.12. The van der Waals surface area contributed by atoms with Gasteiger partial charge < -0.3 is 5.73 Å². The molecule has 7 heavy (non-hydrogen) atoms. The Labute approximate surface area is 44.4 Å². The maximum Gasteiger partial charge on any atom is 0.0383 e. The molecule has 0 saturated carbocycles. The lowest BCUT2D eigenvalue weighted by Crippen LogP contribution is -1.99. The van der Waals surface area contributed by atoms with Crippen LogP contribution in [0.25, 0.3) is 0 Å². The fourth-order valence-electron chi connectivity index (χ4n) is 0.295. The predicted octanol–water partition coefficient (Wildman–Crippen LogP) is 0.426. The van der Waals surface area contributed by atoms with Gasteiger partial charge in [-0.25, -0.2) is 0 Å². The number of rotatable bonds is 3. The van der Waals surface area contributed by atoms with E-state index in [2.05, 4.69) is 11.9 Å². The molecule has 0 aromatic rings. The van der Waals surface area contributed by atoms with Crippen molar-refractivity contribution in [2.75, 3.05) is 13.1 Å². The van der Waals surface area contributed by atoms with Gasteiger partial charge in [0.05, 0.1) is 0 Å². The van der Waals surface area contributed by atoms with Crippen LogP contribution in [0.1, 0.15) is 13.3 Å². The summed E-state index contributed by atoms with van der Waals surface area (Å²) in [6, 6.07) is 0. The highest BCUT2D eigenvalue weighted by molar-refractivity contribution is 5.58. The minimum Gasteiger partial charge on any atom is -0.326 e. The topological polar surface area (TPSA) is 38.4 Å². The first kappa shape index (κ1) is 6.63. The van der Waals surface area contributed by atoms with Crippen molar-refractivity contribution in [2.45, 2.75) is 13.3 Å². The van der Waals surface area contributed by atoms with E-state index in [0.717, 1.165) is 13.0 Å². The molecule has 42 valence electrons. The zero-order chi connectivity index (χ0) is 5.54. The molecular formula is C5H12N2. The fraction of sp³-hybridized carbons (Fsp3) is 0.800. The molecule has 0 fully saturated rings. The van der Waals surface area contributed by atoms with Crippen molar-refractivity contribution in [1.29, 1.82) is 0 Å². The molecule has 0 radical (unpaired) electrons. The van der Waals surface area contributed by atoms with Gasteiger partial charge in [0.25, 0.3) is 0 Å². The Morgan fingerprint density at radius 1 is 1.71 bits per heavy atom. The molecule has 0 aliphatic rings. The molecule has 0 rings (SSSR count). The molecule has 0 aliphatic carbocycles. The van der Waals surface area contributed by atoms with Gasteiger partial charge in [-0.1, -0.05) is 6.92 Å². The summed E-state index contributed by atoms with van der Waals surface area (Å²) in [6.45, 7) is 3.57. The summed E-state index contributed by atoms with van der Waals surface area (Å²) < 4.78 is 0. The number of hydrogen-bond donors (Lipinski definition) is 1. The third kappa shape index (κ3) is 5.63. The van der Waals surface area contributed by atoms with Crippen molar-refractivity contribution in [3.05, 3.63) is 0 Å². The molecule has 0 heterocycles. The molecule has 0 aliphatic heterocycles. The Morgan fingerprint density at radius 3 is 2.86 bits per heavy atom. The maximum atomic E-state index is 5.12. The number of hydrogen-bond acceptors (Lipinski definition) is 2. The van der Waals surface area contributed by atoms with Gasteiger partial charge in [-0.3, -0.25) is 4.99 Å². The van der Waals surface area contributed by atoms with Gasteiger partial charge in [0.2, 0.25) is 0 Å². The molecule has 0 saturated heterocycles. The van der Waals surface area contributed by atoms with E-state index in [1.165, 1.54) is 0 Å². The maximum absolute atomic E-state index is 5.12. The highest BCUT2D eigenvalue weighted by Gasteiger charge is 1.68. The Bertz CT molecular complexity index is 50.0. The second kappa shape index (κ2) is 5.63. The molecule has 0 amide bonds. The summed E-state index contributed by atoms with van der Waals surface area (Å²) in [4.78, 5) is 3.96. The summed E-state index contributed by atoms with van der Waals surface area (Å²) in [6.07, 6.45) is 2.85. The van der Waals surface area contributed by atoms with Gasteiger partial charge in [-0.15, -0.1) is 0 Å². The summed E-state index contributed by atoms with van der Waals surface area (Å²) in [5, 5.41) is 0. The number of nitrogens with zero attached hydrogens (tertiary/aromatic N) is 1. The van der Waals surface area contributed by atoms with Crippen LogP contribution in [-0.4, -0.2) is 19.3 Å². The zero-order valence-corrected chi connectivity index (χ0v) is 4.72. The second-order valence-corrected chi connectivity index (χ2v) is 1.32. The Morgan fingerprint density at radius 2 is 2.43 bits per heavy atom. The average molecular weight is 100 g/mol. The zero-order valence-electron chi connectivity index (χ0n) is 4.72. The lowest BCUT2D eigenvalue weighted by molar-refractivity contribution is 0.934. The van der Waals surface area contributed by atoms with Crippen molar-refractivity contribution < 1.29 is 0 Å². The van der Waals surface area contributed by atoms with Gasteiger partial charge in [0.1, 0.15) is 0 Å². The third-order valence-electron chi connectivity index (χ3n) is 0.587. The second-order valence-electron chi connectivity index (χ2n) is 1.32. The van der Waals surface area contributed by atoms with Crippen LogP contribution in [0, 0.1) is 0 Å². The largest absolute Gasteiger partial charge is 0.326 e. The van der Waals surface area contributed by atoms with Crippen molar-refractivity contribution in [3.8, 4) is 0 Å². The molecule has 2 heteroatoms. The van der Waals surface area contributed by atoms with Gasteiger partial charge in [-0.05, 0) is 6.42 Å². The number of aliphatic imine (C=N–C) groups is 1. The highest BCUT2D eigenvalue weighted by Crippen LogP contribution is 1.72. The molecular weight excluding hydrogens is 88.1 g/mol. The molecule has 0 bridgehead atoms. The number of nitrogens with two attached hydrogens (primary N) is 1. The first-order valence-corrected chi connectivity index (χ1v) is 2.60. The lowest BCUT2D eigenvalue weighted by Gasteiger charge is -1.81. The van der Waals surface area contributed by atoms with Crippen molar-refractivity contribution in [3.63, 3.8) is 0 Å². The first-order valence-electron chi connectivity index (χ1n) is 2.60. The summed E-state index contributed by atoms with van der Waals surface area (Å²) in [5.74, 6) is 0. The monoisotopic (exact) mass is 100 g/mol. The van der Waals surface area contributed by atoms with Crippen LogP contribution < -0.4 is 5.73 Å². The van der Waals surface area contributed by atoms with E-state index in [1.807, 2.05) is 0 Å². The lowest BCUT2D eigenvalue weighted by atomic mass is 10.5. The van der Waals surface area contributed by atoms with Gasteiger partial charge >= 0.3 is 0 Å². The van der Waals surface area contributed by atoms with Crippen molar-refractivity contribution in [1.82, 2.24) is 0 Å². The van der Waals surface area contributed by atoms with E-state index in [1.54, 1.807) is 6.21 Å². The minimum atomic E-state index is 0.569. The van der Waals surface area contributed by atoms with E-state index in [0.29, 0.717) is 6.54 Å². The minimum absolute atomic E-state index is 0.569. The molecule has 2 nitrogen and oxygen atoms in total. The van der Waals surface area contributed by atoms with Crippen LogP contribution in [0.5, 0.6) is 0 Å². The molecule has 0 spiro atoms. The highest BCUT2D eigenvalue weighted by atomic mass is 14.7. The molecule has 0 aromatic heterocycles. The van der Waals surface area contributed by atoms with Crippen molar-refractivity contribution in [2.24, 2.45) is 10.7 Å². The standard InChI is InChI=1S/C5H12N2/c1-2-4-7-5-3-6/h5H,2-4,6H2,1H3. The smallest absolute Gasteiger partial charge is 0.0383 e. The van der Waals surface area contributed by atoms with E-state index in [4.69, 9.17) is 5.73 Å². The van der Waals surface area contributed by atoms with Gasteiger partial charge in [0.15, 0.2) is 0 Å². The SMILES string of the molecule is CCCN=CCN. The van der Waals surface area contributed by atoms with Crippen LogP contribution in [-0.2, 0) is 0 Å². The Balaban J connectivity index is 2.78. The summed E-state index contributed by atoms with van der Waals surface area (Å²) >= 11 is 0.